The Morgan fingerprint density at radius 2 is 1.94 bits per heavy atom. The molecule has 2 fully saturated rings. The van der Waals surface area contributed by atoms with Crippen LogP contribution in [0.3, 0.4) is 0 Å². The molecule has 0 saturated carbocycles. The van der Waals surface area contributed by atoms with Crippen molar-refractivity contribution in [2.75, 3.05) is 13.7 Å². The molecule has 2 N–H and O–H groups in total. The van der Waals surface area contributed by atoms with Crippen LogP contribution in [0, 0.1) is 0 Å². The summed E-state index contributed by atoms with van der Waals surface area (Å²) in [5, 5.41) is 16.5. The van der Waals surface area contributed by atoms with Gasteiger partial charge in [0.15, 0.2) is 0 Å². The van der Waals surface area contributed by atoms with Gasteiger partial charge < -0.3 is 19.6 Å². The van der Waals surface area contributed by atoms with E-state index in [1.807, 2.05) is 36.5 Å². The molecule has 2 saturated heterocycles. The van der Waals surface area contributed by atoms with Crippen LogP contribution < -0.4 is 10.1 Å². The maximum Gasteiger partial charge on any atom is 0.145 e. The van der Waals surface area contributed by atoms with Crippen LogP contribution in [0.1, 0.15) is 43.0 Å². The number of aromatic nitrogens is 1. The van der Waals surface area contributed by atoms with Crippen molar-refractivity contribution in [2.45, 2.75) is 56.4 Å². The number of methoxy groups -OCH3 is 1. The zero-order chi connectivity index (χ0) is 23.1. The van der Waals surface area contributed by atoms with E-state index in [2.05, 4.69) is 39.5 Å². The van der Waals surface area contributed by atoms with Crippen molar-refractivity contribution >= 4 is 21.9 Å². The second kappa shape index (κ2) is 9.02. The third kappa shape index (κ3) is 3.76. The first-order valence-corrected chi connectivity index (χ1v) is 12.3. The van der Waals surface area contributed by atoms with Crippen LogP contribution in [0.4, 0.5) is 0 Å². The number of piperidine rings is 1. The lowest BCUT2D eigenvalue weighted by atomic mass is 9.92. The summed E-state index contributed by atoms with van der Waals surface area (Å²) < 4.78 is 11.5. The summed E-state index contributed by atoms with van der Waals surface area (Å²) >= 11 is 0. The molecule has 6 rings (SSSR count). The number of para-hydroxylation sites is 2. The second-order valence-electron chi connectivity index (χ2n) is 9.59. The Balaban J connectivity index is 1.20. The number of benzene rings is 2. The van der Waals surface area contributed by atoms with Gasteiger partial charge in [-0.15, -0.1) is 0 Å². The molecule has 0 radical (unpaired) electrons. The molecule has 4 heterocycles. The Morgan fingerprint density at radius 1 is 1.12 bits per heavy atom. The predicted octanol–water partition coefficient (Wildman–Crippen LogP) is 4.81. The standard InChI is InChI=1S/C28H31N3O3/c1-33-27-8-4-6-24-23(11-12-29-28(24)27)25(17-32)31-20-9-10-21(31)15-19(14-20)30-16-22-13-18-5-2-3-7-26(18)34-22/h2-8,11-13,19-21,25,30,32H,9-10,14-17H2,1H3. The molecule has 34 heavy (non-hydrogen) atoms. The molecular formula is C28H31N3O3. The van der Waals surface area contributed by atoms with Crippen molar-refractivity contribution in [1.82, 2.24) is 15.2 Å². The number of furan rings is 1. The minimum Gasteiger partial charge on any atom is -0.494 e. The predicted molar refractivity (Wildman–Crippen MR) is 133 cm³/mol. The summed E-state index contributed by atoms with van der Waals surface area (Å²) in [4.78, 5) is 7.14. The van der Waals surface area contributed by atoms with E-state index >= 15 is 0 Å². The molecule has 176 valence electrons. The number of aliphatic hydroxyl groups excluding tert-OH is 1. The lowest BCUT2D eigenvalue weighted by molar-refractivity contribution is 0.0382. The molecule has 2 bridgehead atoms. The largest absolute Gasteiger partial charge is 0.494 e. The van der Waals surface area contributed by atoms with Crippen LogP contribution in [0.5, 0.6) is 5.75 Å². The maximum atomic E-state index is 10.5. The molecule has 0 aliphatic carbocycles. The van der Waals surface area contributed by atoms with E-state index < -0.39 is 0 Å². The van der Waals surface area contributed by atoms with Crippen LogP contribution in [-0.2, 0) is 6.54 Å². The first-order chi connectivity index (χ1) is 16.7. The zero-order valence-electron chi connectivity index (χ0n) is 19.5. The molecule has 2 aromatic carbocycles. The van der Waals surface area contributed by atoms with Crippen LogP contribution in [0.25, 0.3) is 21.9 Å². The van der Waals surface area contributed by atoms with Crippen molar-refractivity contribution < 1.29 is 14.3 Å². The fraction of sp³-hybridized carbons (Fsp3) is 0.393. The number of rotatable bonds is 7. The van der Waals surface area contributed by atoms with Gasteiger partial charge >= 0.3 is 0 Å². The number of pyridine rings is 1. The lowest BCUT2D eigenvalue weighted by Gasteiger charge is -2.43. The Labute approximate surface area is 199 Å². The third-order valence-corrected chi connectivity index (χ3v) is 7.71. The average molecular weight is 458 g/mol. The van der Waals surface area contributed by atoms with E-state index in [1.54, 1.807) is 7.11 Å². The summed E-state index contributed by atoms with van der Waals surface area (Å²) in [6.45, 7) is 0.845. The molecular weight excluding hydrogens is 426 g/mol. The number of ether oxygens (including phenoxy) is 1. The van der Waals surface area contributed by atoms with Gasteiger partial charge in [0.1, 0.15) is 22.6 Å². The van der Waals surface area contributed by atoms with Crippen LogP contribution in [0.15, 0.2) is 65.2 Å². The SMILES string of the molecule is COc1cccc2c(C(CO)N3C4CCC3CC(NCc3cc5ccccc5o3)C4)ccnc12. The molecule has 4 aromatic rings. The summed E-state index contributed by atoms with van der Waals surface area (Å²) in [5.41, 5.74) is 2.94. The van der Waals surface area contributed by atoms with Gasteiger partial charge in [-0.25, -0.2) is 0 Å². The van der Waals surface area contributed by atoms with Crippen molar-refractivity contribution in [2.24, 2.45) is 0 Å². The van der Waals surface area contributed by atoms with Gasteiger partial charge in [-0.2, -0.15) is 0 Å². The normalized spacial score (nSPS) is 23.5. The van der Waals surface area contributed by atoms with Gasteiger partial charge in [0.25, 0.3) is 0 Å². The summed E-state index contributed by atoms with van der Waals surface area (Å²) in [5.74, 6) is 1.76. The molecule has 3 atom stereocenters. The van der Waals surface area contributed by atoms with E-state index in [4.69, 9.17) is 9.15 Å². The fourth-order valence-corrected chi connectivity index (χ4v) is 6.24. The molecule has 6 nitrogen and oxygen atoms in total. The number of aliphatic hydroxyl groups is 1. The van der Waals surface area contributed by atoms with Gasteiger partial charge in [-0.3, -0.25) is 9.88 Å². The van der Waals surface area contributed by atoms with Crippen LogP contribution >= 0.6 is 0 Å². The van der Waals surface area contributed by atoms with Crippen molar-refractivity contribution in [3.05, 3.63) is 72.1 Å². The molecule has 3 unspecified atom stereocenters. The fourth-order valence-electron chi connectivity index (χ4n) is 6.24. The van der Waals surface area contributed by atoms with E-state index in [0.29, 0.717) is 18.1 Å². The summed E-state index contributed by atoms with van der Waals surface area (Å²) in [6, 6.07) is 19.7. The topological polar surface area (TPSA) is 70.8 Å². The molecule has 2 aliphatic heterocycles. The highest BCUT2D eigenvalue weighted by Gasteiger charge is 2.44. The molecule has 6 heteroatoms. The van der Waals surface area contributed by atoms with Gasteiger partial charge in [-0.1, -0.05) is 30.3 Å². The highest BCUT2D eigenvalue weighted by molar-refractivity contribution is 5.87. The van der Waals surface area contributed by atoms with Gasteiger partial charge in [0, 0.05) is 35.1 Å². The lowest BCUT2D eigenvalue weighted by Crippen LogP contribution is -2.50. The third-order valence-electron chi connectivity index (χ3n) is 7.71. The minimum atomic E-state index is -0.0357. The molecule has 2 aliphatic rings. The maximum absolute atomic E-state index is 10.5. The molecule has 2 aromatic heterocycles. The van der Waals surface area contributed by atoms with Crippen molar-refractivity contribution in [3.63, 3.8) is 0 Å². The smallest absolute Gasteiger partial charge is 0.145 e. The first-order valence-electron chi connectivity index (χ1n) is 12.3. The van der Waals surface area contributed by atoms with E-state index in [0.717, 1.165) is 58.3 Å². The Morgan fingerprint density at radius 3 is 2.71 bits per heavy atom. The number of fused-ring (bicyclic) bond motifs is 4. The Kier molecular flexibility index (Phi) is 5.73. The first kappa shape index (κ1) is 21.6. The average Bonchev–Trinajstić information content (AvgIpc) is 3.40. The number of nitrogens with one attached hydrogen (secondary N) is 1. The van der Waals surface area contributed by atoms with Crippen LogP contribution in [0.2, 0.25) is 0 Å². The van der Waals surface area contributed by atoms with Crippen LogP contribution in [-0.4, -0.2) is 46.8 Å². The number of hydrogen-bond donors (Lipinski definition) is 2. The van der Waals surface area contributed by atoms with Crippen molar-refractivity contribution in [1.29, 1.82) is 0 Å². The highest BCUT2D eigenvalue weighted by atomic mass is 16.5. The zero-order valence-corrected chi connectivity index (χ0v) is 19.5. The summed E-state index contributed by atoms with van der Waals surface area (Å²) in [6.07, 6.45) is 6.36. The van der Waals surface area contributed by atoms with Crippen molar-refractivity contribution in [3.8, 4) is 5.75 Å². The van der Waals surface area contributed by atoms with Gasteiger partial charge in [0.05, 0.1) is 26.3 Å². The minimum absolute atomic E-state index is 0.0357. The quantitative estimate of drug-likeness (QED) is 0.415. The second-order valence-corrected chi connectivity index (χ2v) is 9.59. The van der Waals surface area contributed by atoms with E-state index in [-0.39, 0.29) is 12.6 Å². The van der Waals surface area contributed by atoms with Gasteiger partial charge in [0.2, 0.25) is 0 Å². The molecule has 0 amide bonds. The number of nitrogens with zero attached hydrogens (tertiary/aromatic N) is 2. The Bertz CT molecular complexity index is 1260. The number of hydrogen-bond acceptors (Lipinski definition) is 6. The molecule has 0 spiro atoms. The Hall–Kier alpha value is -2.93. The van der Waals surface area contributed by atoms with E-state index in [1.165, 1.54) is 12.8 Å². The van der Waals surface area contributed by atoms with Gasteiger partial charge in [-0.05, 0) is 55.5 Å². The highest BCUT2D eigenvalue weighted by Crippen LogP contribution is 2.43. The monoisotopic (exact) mass is 457 g/mol. The summed E-state index contributed by atoms with van der Waals surface area (Å²) in [7, 11) is 1.68. The van der Waals surface area contributed by atoms with E-state index in [9.17, 15) is 5.11 Å².